The number of nitro benzene ring substituents is 1. The molecule has 0 spiro atoms. The van der Waals surface area contributed by atoms with Crippen LogP contribution in [0.15, 0.2) is 24.3 Å². The quantitative estimate of drug-likeness (QED) is 0.232. The van der Waals surface area contributed by atoms with Gasteiger partial charge in [0.2, 0.25) is 0 Å². The van der Waals surface area contributed by atoms with Gasteiger partial charge in [-0.1, -0.05) is 12.1 Å². The average molecular weight is 436 g/mol. The Morgan fingerprint density at radius 3 is 2.19 bits per heavy atom. The fourth-order valence-electron chi connectivity index (χ4n) is 1.66. The molecule has 0 saturated carbocycles. The molecule has 0 aliphatic carbocycles. The number of para-hydroxylation sites is 2. The van der Waals surface area contributed by atoms with Crippen LogP contribution in [0.4, 0.5) is 11.4 Å². The number of hydrogen-bond acceptors (Lipinski definition) is 9. The van der Waals surface area contributed by atoms with Crippen LogP contribution < -0.4 is 4.90 Å². The Kier molecular flexibility index (Phi) is 7.63. The lowest BCUT2D eigenvalue weighted by molar-refractivity contribution is -0.384. The highest BCUT2D eigenvalue weighted by Gasteiger charge is 2.40. The Morgan fingerprint density at radius 1 is 1.08 bits per heavy atom. The van der Waals surface area contributed by atoms with Gasteiger partial charge in [0, 0.05) is 19.7 Å². The van der Waals surface area contributed by atoms with Crippen molar-refractivity contribution in [1.29, 1.82) is 0 Å². The minimum atomic E-state index is -5.58. The number of phosphoric acid groups is 3. The molecule has 0 aromatic heterocycles. The van der Waals surface area contributed by atoms with E-state index in [-0.39, 0.29) is 17.9 Å². The van der Waals surface area contributed by atoms with Crippen LogP contribution in [0.25, 0.3) is 0 Å². The molecule has 14 nitrogen and oxygen atoms in total. The second kappa shape index (κ2) is 8.68. The van der Waals surface area contributed by atoms with Crippen molar-refractivity contribution < 1.29 is 51.3 Å². The van der Waals surface area contributed by atoms with Crippen LogP contribution in [0.5, 0.6) is 0 Å². The van der Waals surface area contributed by atoms with Gasteiger partial charge in [0.05, 0.1) is 11.5 Å². The zero-order valence-electron chi connectivity index (χ0n) is 13.0. The maximum Gasteiger partial charge on any atom is 0.490 e. The molecule has 26 heavy (non-hydrogen) atoms. The summed E-state index contributed by atoms with van der Waals surface area (Å²) in [5, 5.41) is 10.9. The van der Waals surface area contributed by atoms with E-state index in [1.165, 1.54) is 36.2 Å². The summed E-state index contributed by atoms with van der Waals surface area (Å²) in [4.78, 5) is 46.7. The molecule has 0 saturated heterocycles. The highest BCUT2D eigenvalue weighted by atomic mass is 31.3. The molecular formula is C9H15N2O12P3. The van der Waals surface area contributed by atoms with Crippen molar-refractivity contribution in [2.75, 3.05) is 25.1 Å². The van der Waals surface area contributed by atoms with Gasteiger partial charge in [0.25, 0.3) is 5.69 Å². The fourth-order valence-corrected chi connectivity index (χ4v) is 4.67. The molecule has 0 radical (unpaired) electrons. The molecule has 0 bridgehead atoms. The highest BCUT2D eigenvalue weighted by Crippen LogP contribution is 2.66. The van der Waals surface area contributed by atoms with Crippen LogP contribution >= 0.6 is 23.5 Å². The number of likely N-dealkylation sites (N-methyl/N-ethyl adjacent to an activating group) is 1. The molecule has 0 aliphatic rings. The maximum absolute atomic E-state index is 11.5. The van der Waals surface area contributed by atoms with Crippen LogP contribution in [-0.4, -0.2) is 44.7 Å². The van der Waals surface area contributed by atoms with Crippen LogP contribution in [0.3, 0.4) is 0 Å². The van der Waals surface area contributed by atoms with Crippen molar-refractivity contribution in [3.05, 3.63) is 34.4 Å². The van der Waals surface area contributed by atoms with Gasteiger partial charge < -0.3 is 24.5 Å². The minimum absolute atomic E-state index is 0.173. The van der Waals surface area contributed by atoms with Crippen LogP contribution in [0.2, 0.25) is 0 Å². The highest BCUT2D eigenvalue weighted by molar-refractivity contribution is 7.66. The second-order valence-electron chi connectivity index (χ2n) is 4.59. The third-order valence-electron chi connectivity index (χ3n) is 2.59. The van der Waals surface area contributed by atoms with Gasteiger partial charge in [0.15, 0.2) is 0 Å². The Balaban J connectivity index is 2.66. The normalized spacial score (nSPS) is 16.5. The summed E-state index contributed by atoms with van der Waals surface area (Å²) in [5.41, 5.74) is -0.0548. The Bertz CT molecular complexity index is 794. The number of benzene rings is 1. The summed E-state index contributed by atoms with van der Waals surface area (Å²) in [6.45, 7) is -0.764. The lowest BCUT2D eigenvalue weighted by Gasteiger charge is -2.20. The summed E-state index contributed by atoms with van der Waals surface area (Å²) >= 11 is 0. The van der Waals surface area contributed by atoms with Crippen LogP contribution in [0, 0.1) is 10.1 Å². The summed E-state index contributed by atoms with van der Waals surface area (Å²) in [6.07, 6.45) is 0. The molecule has 17 heteroatoms. The Labute approximate surface area is 146 Å². The van der Waals surface area contributed by atoms with E-state index in [1.807, 2.05) is 0 Å². The first-order valence-electron chi connectivity index (χ1n) is 6.45. The van der Waals surface area contributed by atoms with E-state index in [2.05, 4.69) is 13.1 Å². The zero-order valence-corrected chi connectivity index (χ0v) is 15.7. The number of rotatable bonds is 10. The Morgan fingerprint density at radius 2 is 1.65 bits per heavy atom. The molecule has 1 aromatic carbocycles. The lowest BCUT2D eigenvalue weighted by Crippen LogP contribution is -2.23. The molecule has 4 N–H and O–H groups in total. The fraction of sp³-hybridized carbons (Fsp3) is 0.333. The molecule has 1 aromatic rings. The minimum Gasteiger partial charge on any atom is -0.367 e. The molecule has 148 valence electrons. The van der Waals surface area contributed by atoms with E-state index in [0.29, 0.717) is 0 Å². The van der Waals surface area contributed by atoms with Gasteiger partial charge >= 0.3 is 23.5 Å². The van der Waals surface area contributed by atoms with Crippen molar-refractivity contribution in [2.24, 2.45) is 0 Å². The van der Waals surface area contributed by atoms with E-state index in [1.54, 1.807) is 0 Å². The van der Waals surface area contributed by atoms with E-state index >= 15 is 0 Å². The van der Waals surface area contributed by atoms with E-state index in [9.17, 15) is 28.7 Å². The number of phosphoric ester groups is 1. The lowest BCUT2D eigenvalue weighted by atomic mass is 10.2. The van der Waals surface area contributed by atoms with Gasteiger partial charge in [-0.2, -0.15) is 8.62 Å². The van der Waals surface area contributed by atoms with Crippen molar-refractivity contribution in [3.63, 3.8) is 0 Å². The summed E-state index contributed by atoms with van der Waals surface area (Å²) < 4.78 is 44.7. The van der Waals surface area contributed by atoms with Gasteiger partial charge in [-0.05, 0) is 6.07 Å². The molecular weight excluding hydrogens is 421 g/mol. The SMILES string of the molecule is CN(CCOP(=O)(O)OP(=O)(O)OP(=O)(O)O)c1ccccc1[N+](=O)[O-]. The zero-order chi connectivity index (χ0) is 20.2. The Hall–Kier alpha value is -1.17. The third-order valence-corrected chi connectivity index (χ3v) is 6.42. The topological polar surface area (TPSA) is 206 Å². The second-order valence-corrected chi connectivity index (χ2v) is 9.01. The van der Waals surface area contributed by atoms with Crippen molar-refractivity contribution in [2.45, 2.75) is 0 Å². The number of nitrogens with zero attached hydrogens (tertiary/aromatic N) is 2. The van der Waals surface area contributed by atoms with Crippen LogP contribution in [0.1, 0.15) is 0 Å². The average Bonchev–Trinajstić information content (AvgIpc) is 2.42. The summed E-state index contributed by atoms with van der Waals surface area (Å²) in [5.74, 6) is 0. The summed E-state index contributed by atoms with van der Waals surface area (Å²) in [6, 6.07) is 5.64. The van der Waals surface area contributed by atoms with Crippen LogP contribution in [-0.2, 0) is 26.8 Å². The van der Waals surface area contributed by atoms with E-state index in [0.717, 1.165) is 0 Å². The molecule has 2 atom stereocenters. The first-order valence-corrected chi connectivity index (χ1v) is 11.0. The molecule has 0 fully saturated rings. The molecule has 0 heterocycles. The number of anilines is 1. The predicted molar refractivity (Wildman–Crippen MR) is 86.2 cm³/mol. The predicted octanol–water partition coefficient (Wildman–Crippen LogP) is 1.37. The third kappa shape index (κ3) is 8.02. The number of nitro groups is 1. The van der Waals surface area contributed by atoms with Gasteiger partial charge in [-0.15, -0.1) is 0 Å². The maximum atomic E-state index is 11.5. The smallest absolute Gasteiger partial charge is 0.367 e. The van der Waals surface area contributed by atoms with Gasteiger partial charge in [-0.3, -0.25) is 14.6 Å². The molecule has 1 rings (SSSR count). The van der Waals surface area contributed by atoms with Gasteiger partial charge in [0.1, 0.15) is 5.69 Å². The van der Waals surface area contributed by atoms with Crippen molar-refractivity contribution in [3.8, 4) is 0 Å². The van der Waals surface area contributed by atoms with E-state index in [4.69, 9.17) is 14.7 Å². The molecule has 0 amide bonds. The first kappa shape index (κ1) is 22.9. The number of hydrogen-bond donors (Lipinski definition) is 4. The van der Waals surface area contributed by atoms with Gasteiger partial charge in [-0.25, -0.2) is 13.7 Å². The van der Waals surface area contributed by atoms with Crippen molar-refractivity contribution >= 4 is 34.8 Å². The monoisotopic (exact) mass is 436 g/mol. The molecule has 0 aliphatic heterocycles. The summed E-state index contributed by atoms with van der Waals surface area (Å²) in [7, 11) is -14.9. The largest absolute Gasteiger partial charge is 0.490 e. The first-order chi connectivity index (χ1) is 11.7. The van der Waals surface area contributed by atoms with Crippen molar-refractivity contribution in [1.82, 2.24) is 0 Å². The van der Waals surface area contributed by atoms with E-state index < -0.39 is 35.0 Å². The standard InChI is InChI=1S/C9H15N2O12P3/c1-10(8-4-2-3-5-9(8)11(12)13)6-7-21-25(17,18)23-26(19,20)22-24(14,15)16/h2-5H,6-7H2,1H3,(H,17,18)(H,19,20)(H2,14,15,16). The molecule has 2 unspecified atom stereocenters.